The zero-order valence-corrected chi connectivity index (χ0v) is 15.3. The van der Waals surface area contributed by atoms with Gasteiger partial charge in [0, 0.05) is 5.56 Å². The number of primary amides is 1. The fourth-order valence-electron chi connectivity index (χ4n) is 2.52. The Balaban J connectivity index is 1.94. The van der Waals surface area contributed by atoms with E-state index in [0.29, 0.717) is 11.1 Å². The number of rotatable bonds is 6. The van der Waals surface area contributed by atoms with Gasteiger partial charge in [-0.05, 0) is 42.8 Å². The van der Waals surface area contributed by atoms with Crippen LogP contribution in [-0.4, -0.2) is 10.9 Å². The van der Waals surface area contributed by atoms with Gasteiger partial charge in [0.2, 0.25) is 5.91 Å². The molecule has 0 aliphatic heterocycles. The van der Waals surface area contributed by atoms with E-state index in [1.54, 1.807) is 24.3 Å². The molecular formula is C21H15F2N3O3. The van der Waals surface area contributed by atoms with Crippen molar-refractivity contribution in [2.75, 3.05) is 0 Å². The third kappa shape index (κ3) is 4.65. The van der Waals surface area contributed by atoms with Crippen LogP contribution in [0.2, 0.25) is 0 Å². The Bertz CT molecular complexity index is 1130. The molecule has 3 rings (SSSR count). The Morgan fingerprint density at radius 3 is 2.24 bits per heavy atom. The Kier molecular flexibility index (Phi) is 5.69. The summed E-state index contributed by atoms with van der Waals surface area (Å²) in [4.78, 5) is 14.9. The number of ether oxygens (including phenoxy) is 2. The van der Waals surface area contributed by atoms with Crippen molar-refractivity contribution in [3.63, 3.8) is 0 Å². The first-order valence-electron chi connectivity index (χ1n) is 8.46. The number of nitrogens with two attached hydrogens (primary N) is 1. The van der Waals surface area contributed by atoms with E-state index in [2.05, 4.69) is 4.98 Å². The first-order chi connectivity index (χ1) is 13.9. The number of hydrogen-bond acceptors (Lipinski definition) is 5. The van der Waals surface area contributed by atoms with Crippen LogP contribution in [0.4, 0.5) is 8.78 Å². The highest BCUT2D eigenvalue weighted by molar-refractivity contribution is 5.76. The molecule has 0 aliphatic carbocycles. The molecule has 2 N–H and O–H groups in total. The van der Waals surface area contributed by atoms with Crippen molar-refractivity contribution in [3.8, 4) is 29.3 Å². The molecule has 0 saturated carbocycles. The maximum atomic E-state index is 14.5. The van der Waals surface area contributed by atoms with Crippen molar-refractivity contribution in [2.24, 2.45) is 5.73 Å². The smallest absolute Gasteiger partial charge is 0.259 e. The average Bonchev–Trinajstić information content (AvgIpc) is 2.70. The molecule has 1 heterocycles. The first kappa shape index (κ1) is 19.8. The first-order valence-corrected chi connectivity index (χ1v) is 8.46. The van der Waals surface area contributed by atoms with Gasteiger partial charge in [0.05, 0.1) is 18.1 Å². The molecule has 0 spiro atoms. The standard InChI is InChI=1S/C21H15F2N3O3/c1-12-18(22)20(28-15-6-2-4-13(8-15)10-17(25)27)26-21(19(12)23)29-16-7-3-5-14(9-16)11-24/h2-9H,10H2,1H3,(H2,25,27). The minimum Gasteiger partial charge on any atom is -0.436 e. The molecular weight excluding hydrogens is 380 g/mol. The monoisotopic (exact) mass is 395 g/mol. The van der Waals surface area contributed by atoms with Crippen LogP contribution in [0, 0.1) is 29.9 Å². The van der Waals surface area contributed by atoms with Crippen LogP contribution in [0.25, 0.3) is 0 Å². The van der Waals surface area contributed by atoms with Crippen LogP contribution in [0.3, 0.4) is 0 Å². The third-order valence-corrected chi connectivity index (χ3v) is 3.91. The van der Waals surface area contributed by atoms with Gasteiger partial charge in [-0.25, -0.2) is 8.78 Å². The largest absolute Gasteiger partial charge is 0.436 e. The van der Waals surface area contributed by atoms with Gasteiger partial charge in [0.15, 0.2) is 11.6 Å². The van der Waals surface area contributed by atoms with E-state index in [4.69, 9.17) is 20.5 Å². The molecule has 146 valence electrons. The summed E-state index contributed by atoms with van der Waals surface area (Å²) in [6, 6.07) is 14.3. The van der Waals surface area contributed by atoms with Gasteiger partial charge >= 0.3 is 0 Å². The molecule has 0 aliphatic rings. The Morgan fingerprint density at radius 2 is 1.66 bits per heavy atom. The van der Waals surface area contributed by atoms with Gasteiger partial charge in [-0.1, -0.05) is 18.2 Å². The van der Waals surface area contributed by atoms with E-state index in [1.807, 2.05) is 6.07 Å². The van der Waals surface area contributed by atoms with Crippen LogP contribution in [0.15, 0.2) is 48.5 Å². The SMILES string of the molecule is Cc1c(F)c(Oc2cccc(C#N)c2)nc(Oc2cccc(CC(N)=O)c2)c1F. The van der Waals surface area contributed by atoms with E-state index in [1.165, 1.54) is 31.2 Å². The van der Waals surface area contributed by atoms with E-state index >= 15 is 0 Å². The normalized spacial score (nSPS) is 10.3. The van der Waals surface area contributed by atoms with Crippen LogP contribution >= 0.6 is 0 Å². The summed E-state index contributed by atoms with van der Waals surface area (Å²) in [7, 11) is 0. The Labute approximate surface area is 165 Å². The van der Waals surface area contributed by atoms with Crippen molar-refractivity contribution in [1.29, 1.82) is 5.26 Å². The molecule has 1 aromatic heterocycles. The van der Waals surface area contributed by atoms with Crippen molar-refractivity contribution < 1.29 is 23.0 Å². The second-order valence-corrected chi connectivity index (χ2v) is 6.11. The van der Waals surface area contributed by atoms with E-state index < -0.39 is 29.3 Å². The average molecular weight is 395 g/mol. The summed E-state index contributed by atoms with van der Waals surface area (Å²) in [6.07, 6.45) is -0.0147. The number of aromatic nitrogens is 1. The Morgan fingerprint density at radius 1 is 1.07 bits per heavy atom. The maximum Gasteiger partial charge on any atom is 0.259 e. The highest BCUT2D eigenvalue weighted by Crippen LogP contribution is 2.33. The fraction of sp³-hybridized carbons (Fsp3) is 0.0952. The van der Waals surface area contributed by atoms with Gasteiger partial charge in [-0.3, -0.25) is 4.79 Å². The van der Waals surface area contributed by atoms with Gasteiger partial charge in [0.25, 0.3) is 11.8 Å². The molecule has 0 saturated heterocycles. The summed E-state index contributed by atoms with van der Waals surface area (Å²) in [5.74, 6) is -3.14. The van der Waals surface area contributed by atoms with E-state index in [9.17, 15) is 13.6 Å². The van der Waals surface area contributed by atoms with E-state index in [0.717, 1.165) is 0 Å². The number of carbonyl (C=O) groups excluding carboxylic acids is 1. The van der Waals surface area contributed by atoms with Gasteiger partial charge in [-0.15, -0.1) is 0 Å². The number of benzene rings is 2. The van der Waals surface area contributed by atoms with Crippen LogP contribution in [0.5, 0.6) is 23.3 Å². The molecule has 0 unspecified atom stereocenters. The third-order valence-electron chi connectivity index (χ3n) is 3.91. The molecule has 0 radical (unpaired) electrons. The lowest BCUT2D eigenvalue weighted by Gasteiger charge is -2.12. The van der Waals surface area contributed by atoms with Crippen molar-refractivity contribution in [2.45, 2.75) is 13.3 Å². The number of pyridine rings is 1. The second-order valence-electron chi connectivity index (χ2n) is 6.11. The topological polar surface area (TPSA) is 98.2 Å². The number of carbonyl (C=O) groups is 1. The molecule has 1 amide bonds. The molecule has 0 atom stereocenters. The number of nitrogens with zero attached hydrogens (tertiary/aromatic N) is 2. The lowest BCUT2D eigenvalue weighted by atomic mass is 10.1. The zero-order chi connectivity index (χ0) is 21.0. The molecule has 0 fully saturated rings. The predicted octanol–water partition coefficient (Wildman–Crippen LogP) is 4.15. The molecule has 29 heavy (non-hydrogen) atoms. The zero-order valence-electron chi connectivity index (χ0n) is 15.3. The molecule has 6 nitrogen and oxygen atoms in total. The fourth-order valence-corrected chi connectivity index (χ4v) is 2.52. The minimum absolute atomic E-state index is 0.0147. The quantitative estimate of drug-likeness (QED) is 0.676. The highest BCUT2D eigenvalue weighted by atomic mass is 19.1. The van der Waals surface area contributed by atoms with Gasteiger partial charge in [0.1, 0.15) is 11.5 Å². The molecule has 2 aromatic carbocycles. The summed E-state index contributed by atoms with van der Waals surface area (Å²) < 4.78 is 39.8. The lowest BCUT2D eigenvalue weighted by molar-refractivity contribution is -0.117. The lowest BCUT2D eigenvalue weighted by Crippen LogP contribution is -2.13. The number of nitriles is 1. The number of amides is 1. The summed E-state index contributed by atoms with van der Waals surface area (Å²) in [5, 5.41) is 8.95. The van der Waals surface area contributed by atoms with Crippen molar-refractivity contribution in [1.82, 2.24) is 4.98 Å². The number of halogens is 2. The van der Waals surface area contributed by atoms with E-state index in [-0.39, 0.29) is 23.5 Å². The van der Waals surface area contributed by atoms with Gasteiger partial charge in [-0.2, -0.15) is 10.2 Å². The summed E-state index contributed by atoms with van der Waals surface area (Å²) in [6.45, 7) is 1.22. The maximum absolute atomic E-state index is 14.5. The summed E-state index contributed by atoms with van der Waals surface area (Å²) in [5.41, 5.74) is 5.71. The predicted molar refractivity (Wildman–Crippen MR) is 99.5 cm³/mol. The van der Waals surface area contributed by atoms with Gasteiger partial charge < -0.3 is 15.2 Å². The van der Waals surface area contributed by atoms with Crippen molar-refractivity contribution in [3.05, 3.63) is 76.9 Å². The van der Waals surface area contributed by atoms with Crippen LogP contribution < -0.4 is 15.2 Å². The second kappa shape index (κ2) is 8.35. The van der Waals surface area contributed by atoms with Crippen molar-refractivity contribution >= 4 is 5.91 Å². The Hall–Kier alpha value is -3.99. The minimum atomic E-state index is -0.986. The number of hydrogen-bond donors (Lipinski definition) is 1. The summed E-state index contributed by atoms with van der Waals surface area (Å²) >= 11 is 0. The molecule has 0 bridgehead atoms. The van der Waals surface area contributed by atoms with Crippen LogP contribution in [0.1, 0.15) is 16.7 Å². The highest BCUT2D eigenvalue weighted by Gasteiger charge is 2.21. The molecule has 3 aromatic rings. The van der Waals surface area contributed by atoms with Crippen LogP contribution in [-0.2, 0) is 11.2 Å². The molecule has 8 heteroatoms.